The predicted octanol–water partition coefficient (Wildman–Crippen LogP) is 4.91. The molecule has 3 heterocycles. The van der Waals surface area contributed by atoms with E-state index in [-0.39, 0.29) is 29.7 Å². The molecule has 0 spiro atoms. The van der Waals surface area contributed by atoms with Crippen LogP contribution in [0.5, 0.6) is 0 Å². The van der Waals surface area contributed by atoms with Gasteiger partial charge in [-0.3, -0.25) is 4.79 Å². The first-order valence-corrected chi connectivity index (χ1v) is 12.0. The summed E-state index contributed by atoms with van der Waals surface area (Å²) >= 11 is 0. The van der Waals surface area contributed by atoms with Gasteiger partial charge in [-0.05, 0) is 56.4 Å². The van der Waals surface area contributed by atoms with Crippen LogP contribution >= 0.6 is 0 Å². The molecule has 0 radical (unpaired) electrons. The van der Waals surface area contributed by atoms with Gasteiger partial charge in [0.25, 0.3) is 0 Å². The monoisotopic (exact) mass is 449 g/mol. The van der Waals surface area contributed by atoms with Crippen LogP contribution in [0.1, 0.15) is 58.4 Å². The van der Waals surface area contributed by atoms with Gasteiger partial charge in [0.1, 0.15) is 23.6 Å². The Morgan fingerprint density at radius 3 is 2.58 bits per heavy atom. The molecule has 3 aromatic rings. The van der Waals surface area contributed by atoms with Crippen LogP contribution in [0.4, 0.5) is 10.2 Å². The lowest BCUT2D eigenvalue weighted by Gasteiger charge is -2.45. The Labute approximate surface area is 194 Å². The first-order chi connectivity index (χ1) is 15.8. The van der Waals surface area contributed by atoms with Crippen molar-refractivity contribution in [3.8, 4) is 5.69 Å². The number of anilines is 1. The Hall–Kier alpha value is -2.96. The summed E-state index contributed by atoms with van der Waals surface area (Å²) < 4.78 is 16.0. The number of rotatable bonds is 4. The first-order valence-electron chi connectivity index (χ1n) is 12.0. The summed E-state index contributed by atoms with van der Waals surface area (Å²) in [6.07, 6.45) is 7.28. The average molecular weight is 450 g/mol. The summed E-state index contributed by atoms with van der Waals surface area (Å²) in [5.74, 6) is 1.33. The van der Waals surface area contributed by atoms with Gasteiger partial charge in [0, 0.05) is 43.0 Å². The lowest BCUT2D eigenvalue weighted by Crippen LogP contribution is -2.59. The van der Waals surface area contributed by atoms with Crippen LogP contribution in [0.25, 0.3) is 16.7 Å². The molecule has 2 fully saturated rings. The van der Waals surface area contributed by atoms with Gasteiger partial charge in [0.05, 0.1) is 5.39 Å². The molecular weight excluding hydrogens is 417 g/mol. The molecular formula is C26H32FN5O. The molecule has 1 aliphatic carbocycles. The van der Waals surface area contributed by atoms with E-state index in [0.29, 0.717) is 12.5 Å². The Bertz CT molecular complexity index is 1180. The second kappa shape index (κ2) is 8.43. The Kier molecular flexibility index (Phi) is 5.59. The van der Waals surface area contributed by atoms with E-state index in [9.17, 15) is 9.18 Å². The molecule has 2 aromatic heterocycles. The molecule has 2 aliphatic rings. The molecule has 0 bridgehead atoms. The number of hydrogen-bond donors (Lipinski definition) is 0. The third kappa shape index (κ3) is 3.77. The van der Waals surface area contributed by atoms with Crippen molar-refractivity contribution >= 4 is 22.8 Å². The molecule has 1 aromatic carbocycles. The van der Waals surface area contributed by atoms with Crippen LogP contribution in [0.2, 0.25) is 0 Å². The van der Waals surface area contributed by atoms with Crippen LogP contribution in [0, 0.1) is 11.7 Å². The van der Waals surface area contributed by atoms with Crippen LogP contribution < -0.4 is 4.90 Å². The van der Waals surface area contributed by atoms with E-state index in [4.69, 9.17) is 4.98 Å². The van der Waals surface area contributed by atoms with E-state index in [1.165, 1.54) is 18.1 Å². The van der Waals surface area contributed by atoms with Gasteiger partial charge < -0.3 is 14.4 Å². The Morgan fingerprint density at radius 2 is 1.91 bits per heavy atom. The minimum Gasteiger partial charge on any atom is -0.349 e. The van der Waals surface area contributed by atoms with Gasteiger partial charge >= 0.3 is 0 Å². The highest BCUT2D eigenvalue weighted by Gasteiger charge is 2.36. The molecule has 33 heavy (non-hydrogen) atoms. The van der Waals surface area contributed by atoms with Crippen molar-refractivity contribution in [2.24, 2.45) is 5.92 Å². The molecule has 1 amide bonds. The lowest BCUT2D eigenvalue weighted by molar-refractivity contribution is -0.137. The van der Waals surface area contributed by atoms with Crippen molar-refractivity contribution in [2.75, 3.05) is 18.0 Å². The Morgan fingerprint density at radius 1 is 1.12 bits per heavy atom. The predicted molar refractivity (Wildman–Crippen MR) is 128 cm³/mol. The number of halogens is 1. The summed E-state index contributed by atoms with van der Waals surface area (Å²) in [6, 6.07) is 6.88. The highest BCUT2D eigenvalue weighted by atomic mass is 19.1. The molecule has 0 unspecified atom stereocenters. The van der Waals surface area contributed by atoms with Gasteiger partial charge in [-0.25, -0.2) is 14.4 Å². The maximum absolute atomic E-state index is 14.0. The molecule has 1 aliphatic heterocycles. The first kappa shape index (κ1) is 21.9. The average Bonchev–Trinajstić information content (AvgIpc) is 3.13. The van der Waals surface area contributed by atoms with Crippen molar-refractivity contribution in [3.05, 3.63) is 48.2 Å². The maximum atomic E-state index is 14.0. The van der Waals surface area contributed by atoms with Gasteiger partial charge in [-0.2, -0.15) is 0 Å². The third-order valence-corrected chi connectivity index (χ3v) is 7.26. The fourth-order valence-electron chi connectivity index (χ4n) is 5.20. The number of carbonyl (C=O) groups is 1. The summed E-state index contributed by atoms with van der Waals surface area (Å²) in [5, 5.41) is 1.06. The SMILES string of the molecule is CC(C)C(=O)N1C[C@H](C)N(c2ncnc3c2c(C2CCC2)cn3-c2cccc(F)c2)C[C@H]1C. The molecule has 5 rings (SSSR count). The van der Waals surface area contributed by atoms with Crippen molar-refractivity contribution in [1.82, 2.24) is 19.4 Å². The number of carbonyl (C=O) groups excluding carboxylic acids is 1. The van der Waals surface area contributed by atoms with Crippen molar-refractivity contribution in [1.29, 1.82) is 0 Å². The van der Waals surface area contributed by atoms with Gasteiger partial charge in [-0.1, -0.05) is 26.3 Å². The van der Waals surface area contributed by atoms with Gasteiger partial charge in [0.2, 0.25) is 5.91 Å². The van der Waals surface area contributed by atoms with Crippen LogP contribution in [-0.4, -0.2) is 50.5 Å². The van der Waals surface area contributed by atoms with E-state index >= 15 is 0 Å². The van der Waals surface area contributed by atoms with Crippen molar-refractivity contribution < 1.29 is 9.18 Å². The van der Waals surface area contributed by atoms with E-state index < -0.39 is 0 Å². The van der Waals surface area contributed by atoms with Crippen LogP contribution in [0.3, 0.4) is 0 Å². The fraction of sp³-hybridized carbons (Fsp3) is 0.500. The maximum Gasteiger partial charge on any atom is 0.225 e. The molecule has 2 atom stereocenters. The van der Waals surface area contributed by atoms with Gasteiger partial charge in [-0.15, -0.1) is 0 Å². The molecule has 0 N–H and O–H groups in total. The number of amides is 1. The number of benzene rings is 1. The summed E-state index contributed by atoms with van der Waals surface area (Å²) in [7, 11) is 0. The molecule has 6 nitrogen and oxygen atoms in total. The molecule has 1 saturated heterocycles. The highest BCUT2D eigenvalue weighted by Crippen LogP contribution is 2.43. The van der Waals surface area contributed by atoms with E-state index in [0.717, 1.165) is 41.9 Å². The number of hydrogen-bond acceptors (Lipinski definition) is 4. The standard InChI is InChI=1S/C26H32FN5O/c1-16(2)26(33)31-13-17(3)30(12-18(31)4)24-23-22(19-7-5-8-19)14-32(25(23)29-15-28-24)21-10-6-9-20(27)11-21/h6,9-11,14-19H,5,7-8,12-13H2,1-4H3/t17-,18+/m0/s1. The zero-order valence-electron chi connectivity index (χ0n) is 19.8. The smallest absolute Gasteiger partial charge is 0.225 e. The second-order valence-electron chi connectivity index (χ2n) is 9.95. The normalized spacial score (nSPS) is 21.6. The fourth-order valence-corrected chi connectivity index (χ4v) is 5.20. The van der Waals surface area contributed by atoms with E-state index in [2.05, 4.69) is 29.9 Å². The largest absolute Gasteiger partial charge is 0.349 e. The highest BCUT2D eigenvalue weighted by molar-refractivity contribution is 5.93. The molecule has 7 heteroatoms. The van der Waals surface area contributed by atoms with Gasteiger partial charge in [0.15, 0.2) is 0 Å². The molecule has 1 saturated carbocycles. The summed E-state index contributed by atoms with van der Waals surface area (Å²) in [6.45, 7) is 9.59. The zero-order chi connectivity index (χ0) is 23.3. The van der Waals surface area contributed by atoms with E-state index in [1.807, 2.05) is 29.4 Å². The summed E-state index contributed by atoms with van der Waals surface area (Å²) in [5.41, 5.74) is 2.83. The summed E-state index contributed by atoms with van der Waals surface area (Å²) in [4.78, 5) is 26.5. The quantitative estimate of drug-likeness (QED) is 0.568. The minimum atomic E-state index is -0.262. The number of aromatic nitrogens is 3. The second-order valence-corrected chi connectivity index (χ2v) is 9.95. The van der Waals surface area contributed by atoms with Crippen molar-refractivity contribution in [3.63, 3.8) is 0 Å². The topological polar surface area (TPSA) is 54.3 Å². The minimum absolute atomic E-state index is 0.0116. The van der Waals surface area contributed by atoms with E-state index in [1.54, 1.807) is 18.5 Å². The Balaban J connectivity index is 1.60. The van der Waals surface area contributed by atoms with Crippen molar-refractivity contribution in [2.45, 2.75) is 65.0 Å². The number of nitrogens with zero attached hydrogens (tertiary/aromatic N) is 5. The number of fused-ring (bicyclic) bond motifs is 1. The molecule has 174 valence electrons. The lowest BCUT2D eigenvalue weighted by atomic mass is 9.80. The number of piperazine rings is 1. The third-order valence-electron chi connectivity index (χ3n) is 7.26. The van der Waals surface area contributed by atoms with Crippen LogP contribution in [0.15, 0.2) is 36.8 Å². The van der Waals surface area contributed by atoms with Crippen LogP contribution in [-0.2, 0) is 4.79 Å². The zero-order valence-corrected chi connectivity index (χ0v) is 19.8.